The van der Waals surface area contributed by atoms with Crippen LogP contribution in [0.3, 0.4) is 0 Å². The van der Waals surface area contributed by atoms with Crippen LogP contribution < -0.4 is 5.32 Å². The molecule has 2 atom stereocenters. The smallest absolute Gasteiger partial charge is 0.327 e. The maximum Gasteiger partial charge on any atom is 0.327 e. The number of alkyl halides is 3. The van der Waals surface area contributed by atoms with Crippen LogP contribution in [-0.4, -0.2) is 11.9 Å². The van der Waals surface area contributed by atoms with E-state index in [1.54, 1.807) is 0 Å². The number of rotatable bonds is 10. The van der Waals surface area contributed by atoms with Gasteiger partial charge in [0.15, 0.2) is 0 Å². The Hall–Kier alpha value is -0.310. The molecule has 0 radical (unpaired) electrons. The average Bonchev–Trinajstić information content (AvgIpc) is 3.08. The van der Waals surface area contributed by atoms with Gasteiger partial charge in [0.1, 0.15) is 0 Å². The van der Waals surface area contributed by atoms with Crippen LogP contribution in [0.5, 0.6) is 0 Å². The van der Waals surface area contributed by atoms with Gasteiger partial charge in [-0.25, -0.2) is 0 Å². The molecule has 2 aliphatic carbocycles. The molecule has 0 bridgehead atoms. The molecule has 116 valence electrons. The van der Waals surface area contributed by atoms with Crippen molar-refractivity contribution in [2.24, 2.45) is 17.8 Å². The Morgan fingerprint density at radius 2 is 1.75 bits per heavy atom. The first-order valence-electron chi connectivity index (χ1n) is 7.92. The minimum absolute atomic E-state index is 0.351. The number of nitrogens with one attached hydrogen (secondary N) is 1. The highest BCUT2D eigenvalue weighted by atomic mass is 35.5. The molecule has 0 aromatic rings. The van der Waals surface area contributed by atoms with Gasteiger partial charge in [-0.05, 0) is 42.2 Å². The molecule has 0 aromatic heterocycles. The summed E-state index contributed by atoms with van der Waals surface area (Å²) >= 11 is 4.90. The topological polar surface area (TPSA) is 12.0 Å². The predicted octanol–water partition coefficient (Wildman–Crippen LogP) is 5.31. The molecule has 0 aromatic carbocycles. The highest BCUT2D eigenvalue weighted by Crippen LogP contribution is 2.39. The van der Waals surface area contributed by atoms with Gasteiger partial charge in [0.05, 0.1) is 6.42 Å². The number of hydrogen-bond donors (Lipinski definition) is 1. The zero-order valence-electron chi connectivity index (χ0n) is 12.1. The number of unbranched alkanes of at least 4 members (excludes halogenated alkanes) is 1. The second-order valence-corrected chi connectivity index (χ2v) is 7.15. The van der Waals surface area contributed by atoms with Crippen LogP contribution in [0.2, 0.25) is 0 Å². The van der Waals surface area contributed by atoms with Gasteiger partial charge in [0.2, 0.25) is 0 Å². The molecule has 4 heteroatoms. The fourth-order valence-corrected chi connectivity index (χ4v) is 3.27. The lowest BCUT2D eigenvalue weighted by Gasteiger charge is -2.37. The van der Waals surface area contributed by atoms with Crippen molar-refractivity contribution in [3.8, 4) is 0 Å². The molecule has 0 amide bonds. The Balaban J connectivity index is 1.52. The zero-order valence-corrected chi connectivity index (χ0v) is 12.9. The summed E-state index contributed by atoms with van der Waals surface area (Å²) in [5.41, 5.74) is 0.351. The van der Waals surface area contributed by atoms with E-state index in [-0.39, 0.29) is 0 Å². The lowest BCUT2D eigenvalue weighted by molar-refractivity contribution is 0.0934. The second-order valence-electron chi connectivity index (χ2n) is 6.60. The molecular weight excluding hydrogens is 280 g/mol. The van der Waals surface area contributed by atoms with Crippen molar-refractivity contribution in [1.29, 1.82) is 0 Å². The summed E-state index contributed by atoms with van der Waals surface area (Å²) in [5, 5.41) is -0.144. The molecule has 20 heavy (non-hydrogen) atoms. The molecule has 2 saturated carbocycles. The third-order valence-electron chi connectivity index (χ3n) is 4.74. The van der Waals surface area contributed by atoms with Gasteiger partial charge in [0, 0.05) is 12.2 Å². The van der Waals surface area contributed by atoms with Gasteiger partial charge in [-0.15, -0.1) is 0 Å². The molecule has 0 aliphatic heterocycles. The van der Waals surface area contributed by atoms with E-state index in [1.165, 1.54) is 51.4 Å². The Labute approximate surface area is 126 Å². The van der Waals surface area contributed by atoms with Crippen LogP contribution >= 0.6 is 11.6 Å². The third kappa shape index (κ3) is 5.99. The first-order chi connectivity index (χ1) is 9.44. The minimum Gasteiger partial charge on any atom is -0.388 e. The van der Waals surface area contributed by atoms with E-state index in [4.69, 9.17) is 11.6 Å². The predicted molar refractivity (Wildman–Crippen MR) is 80.0 cm³/mol. The highest BCUT2D eigenvalue weighted by Gasteiger charge is 2.31. The van der Waals surface area contributed by atoms with E-state index in [1.807, 2.05) is 0 Å². The minimum atomic E-state index is -3.17. The Kier molecular flexibility index (Phi) is 5.71. The van der Waals surface area contributed by atoms with Crippen molar-refractivity contribution >= 4 is 11.6 Å². The number of halogens is 3. The third-order valence-corrected chi connectivity index (χ3v) is 4.87. The first kappa shape index (κ1) is 16.1. The summed E-state index contributed by atoms with van der Waals surface area (Å²) in [6.07, 6.45) is 10.3. The van der Waals surface area contributed by atoms with Gasteiger partial charge in [0.25, 0.3) is 0 Å². The van der Waals surface area contributed by atoms with Gasteiger partial charge in [-0.3, -0.25) is 0 Å². The normalized spacial score (nSPS) is 26.1. The van der Waals surface area contributed by atoms with E-state index in [0.717, 1.165) is 18.4 Å². The van der Waals surface area contributed by atoms with Gasteiger partial charge in [-0.2, -0.15) is 8.78 Å². The molecule has 1 nitrogen and oxygen atoms in total. The Bertz CT molecular complexity index is 323. The zero-order chi connectivity index (χ0) is 14.6. The van der Waals surface area contributed by atoms with Crippen LogP contribution in [-0.2, 0) is 0 Å². The van der Waals surface area contributed by atoms with E-state index >= 15 is 0 Å². The molecular formula is C16H26ClF2N. The molecule has 1 unspecified atom stereocenters. The first-order valence-corrected chi connectivity index (χ1v) is 8.30. The lowest BCUT2D eigenvalue weighted by Crippen LogP contribution is -2.35. The summed E-state index contributed by atoms with van der Waals surface area (Å²) in [4.78, 5) is 0. The summed E-state index contributed by atoms with van der Waals surface area (Å²) < 4.78 is 25.2. The van der Waals surface area contributed by atoms with E-state index < -0.39 is 11.8 Å². The number of hydrogen-bond acceptors (Lipinski definition) is 1. The molecule has 0 heterocycles. The summed E-state index contributed by atoms with van der Waals surface area (Å²) in [7, 11) is 0. The standard InChI is InChI=1S/C16H26ClF2N/c1-12(10-16(17,18)19)20-11-15-9-8-14(15)5-3-2-4-13-6-7-13/h13-15,20H,1-11H2/t14-,15?/m0/s1. The van der Waals surface area contributed by atoms with Crippen molar-refractivity contribution in [1.82, 2.24) is 5.32 Å². The maximum absolute atomic E-state index is 12.6. The van der Waals surface area contributed by atoms with Gasteiger partial charge < -0.3 is 5.32 Å². The average molecular weight is 306 g/mol. The molecule has 2 fully saturated rings. The van der Waals surface area contributed by atoms with Crippen molar-refractivity contribution in [3.05, 3.63) is 12.3 Å². The molecule has 2 aliphatic rings. The summed E-state index contributed by atoms with van der Waals surface area (Å²) in [6.45, 7) is 4.40. The van der Waals surface area contributed by atoms with Gasteiger partial charge >= 0.3 is 5.38 Å². The van der Waals surface area contributed by atoms with E-state index in [0.29, 0.717) is 11.6 Å². The summed E-state index contributed by atoms with van der Waals surface area (Å²) in [6, 6.07) is 0. The lowest BCUT2D eigenvalue weighted by atomic mass is 9.71. The highest BCUT2D eigenvalue weighted by molar-refractivity contribution is 6.21. The van der Waals surface area contributed by atoms with Crippen molar-refractivity contribution < 1.29 is 8.78 Å². The molecule has 0 spiro atoms. The second kappa shape index (κ2) is 7.11. The fraction of sp³-hybridized carbons (Fsp3) is 0.875. The van der Waals surface area contributed by atoms with Crippen LogP contribution in [0.1, 0.15) is 57.8 Å². The molecule has 1 N–H and O–H groups in total. The maximum atomic E-state index is 12.6. The van der Waals surface area contributed by atoms with Crippen LogP contribution in [0, 0.1) is 17.8 Å². The van der Waals surface area contributed by atoms with Crippen LogP contribution in [0.4, 0.5) is 8.78 Å². The Morgan fingerprint density at radius 3 is 2.30 bits per heavy atom. The van der Waals surface area contributed by atoms with E-state index in [2.05, 4.69) is 11.9 Å². The van der Waals surface area contributed by atoms with Gasteiger partial charge in [-0.1, -0.05) is 45.1 Å². The number of allylic oxidation sites excluding steroid dienone is 1. The van der Waals surface area contributed by atoms with Crippen LogP contribution in [0.25, 0.3) is 0 Å². The largest absolute Gasteiger partial charge is 0.388 e. The quantitative estimate of drug-likeness (QED) is 0.426. The molecule has 0 saturated heterocycles. The SMILES string of the molecule is C=C(CC(F)(F)Cl)NCC1CC[C@@H]1CCCCC1CC1. The Morgan fingerprint density at radius 1 is 1.10 bits per heavy atom. The van der Waals surface area contributed by atoms with Crippen molar-refractivity contribution in [2.75, 3.05) is 6.54 Å². The monoisotopic (exact) mass is 305 g/mol. The van der Waals surface area contributed by atoms with Crippen molar-refractivity contribution in [3.63, 3.8) is 0 Å². The van der Waals surface area contributed by atoms with Crippen molar-refractivity contribution in [2.45, 2.75) is 63.2 Å². The van der Waals surface area contributed by atoms with Crippen LogP contribution in [0.15, 0.2) is 12.3 Å². The molecule has 2 rings (SSSR count). The fourth-order valence-electron chi connectivity index (χ4n) is 3.11. The van der Waals surface area contributed by atoms with E-state index in [9.17, 15) is 8.78 Å². The summed E-state index contributed by atoms with van der Waals surface area (Å²) in [5.74, 6) is 2.46.